The van der Waals surface area contributed by atoms with Crippen LogP contribution in [0.2, 0.25) is 0 Å². The van der Waals surface area contributed by atoms with Crippen molar-refractivity contribution in [2.45, 2.75) is 45.0 Å². The lowest BCUT2D eigenvalue weighted by Gasteiger charge is -2.46. The van der Waals surface area contributed by atoms with Crippen LogP contribution in [0.3, 0.4) is 0 Å². The molecule has 5 rings (SSSR count). The highest BCUT2D eigenvalue weighted by atomic mass is 16.5. The number of ether oxygens (including phenoxy) is 3. The van der Waals surface area contributed by atoms with Crippen molar-refractivity contribution < 1.29 is 33.7 Å². The molecular weight excluding hydrogens is 428 g/mol. The molecule has 0 aliphatic carbocycles. The van der Waals surface area contributed by atoms with Crippen molar-refractivity contribution >= 4 is 17.8 Å². The highest BCUT2D eigenvalue weighted by molar-refractivity contribution is 5.95. The van der Waals surface area contributed by atoms with E-state index in [4.69, 9.17) is 14.2 Å². The van der Waals surface area contributed by atoms with Gasteiger partial charge in [-0.1, -0.05) is 6.07 Å². The number of β-amino-alcohol motifs (C(OH)–C–C–N with tert-alkyl or cyclic N) is 1. The molecule has 1 amide bonds. The number of amides is 1. The van der Waals surface area contributed by atoms with E-state index in [-0.39, 0.29) is 31.1 Å². The number of aliphatic hydroxyl groups excluding tert-OH is 1. The van der Waals surface area contributed by atoms with E-state index in [9.17, 15) is 19.5 Å². The quantitative estimate of drug-likeness (QED) is 0.675. The van der Waals surface area contributed by atoms with Crippen LogP contribution in [0, 0.1) is 6.92 Å². The Hall–Kier alpha value is -2.75. The molecular formula is C24H28N2O7. The summed E-state index contributed by atoms with van der Waals surface area (Å²) in [4.78, 5) is 40.7. The Morgan fingerprint density at radius 3 is 2.45 bits per heavy atom. The maximum atomic E-state index is 13.4. The number of rotatable bonds is 4. The van der Waals surface area contributed by atoms with Gasteiger partial charge in [-0.15, -0.1) is 0 Å². The standard InChI is InChI=1S/C24H28N2O7/c1-14-16(3-4-17-18(14)12-31-22(17)29)20(27)11-25-7-5-24(6-8-25)23(30)26(9-10-33-24)19-13-32-21(28)15(19)2/h3-4,20,27H,5-13H2,1-2H3/t20-/m1/s1. The monoisotopic (exact) mass is 456 g/mol. The summed E-state index contributed by atoms with van der Waals surface area (Å²) < 4.78 is 16.2. The largest absolute Gasteiger partial charge is 0.457 e. The fourth-order valence-electron chi connectivity index (χ4n) is 5.27. The van der Waals surface area contributed by atoms with Crippen LogP contribution in [-0.2, 0) is 30.4 Å². The van der Waals surface area contributed by atoms with Crippen LogP contribution in [0.5, 0.6) is 0 Å². The first-order valence-electron chi connectivity index (χ1n) is 11.3. The number of nitrogens with zero attached hydrogens (tertiary/aromatic N) is 2. The van der Waals surface area contributed by atoms with Crippen LogP contribution in [0.15, 0.2) is 23.4 Å². The Balaban J connectivity index is 1.24. The molecule has 2 saturated heterocycles. The summed E-state index contributed by atoms with van der Waals surface area (Å²) in [6.07, 6.45) is 0.317. The molecule has 2 fully saturated rings. The number of fused-ring (bicyclic) bond motifs is 1. The molecule has 0 saturated carbocycles. The first-order chi connectivity index (χ1) is 15.8. The molecule has 4 heterocycles. The first kappa shape index (κ1) is 22.1. The predicted octanol–water partition coefficient (Wildman–Crippen LogP) is 1.22. The van der Waals surface area contributed by atoms with E-state index in [0.29, 0.717) is 62.5 Å². The van der Waals surface area contributed by atoms with Gasteiger partial charge < -0.3 is 29.1 Å². The summed E-state index contributed by atoms with van der Waals surface area (Å²) in [7, 11) is 0. The fraction of sp³-hybridized carbons (Fsp3) is 0.542. The van der Waals surface area contributed by atoms with Crippen LogP contribution >= 0.6 is 0 Å². The smallest absolute Gasteiger partial charge is 0.338 e. The Morgan fingerprint density at radius 1 is 1.03 bits per heavy atom. The topological polar surface area (TPSA) is 106 Å². The normalized spacial score (nSPS) is 23.7. The average Bonchev–Trinajstić information content (AvgIpc) is 3.35. The van der Waals surface area contributed by atoms with E-state index < -0.39 is 11.7 Å². The number of piperidine rings is 1. The molecule has 1 aromatic carbocycles. The predicted molar refractivity (Wildman–Crippen MR) is 115 cm³/mol. The van der Waals surface area contributed by atoms with Crippen molar-refractivity contribution in [3.05, 3.63) is 45.7 Å². The van der Waals surface area contributed by atoms with Crippen molar-refractivity contribution in [3.63, 3.8) is 0 Å². The zero-order valence-corrected chi connectivity index (χ0v) is 18.9. The minimum absolute atomic E-state index is 0.110. The summed E-state index contributed by atoms with van der Waals surface area (Å²) in [5.41, 5.74) is 3.31. The molecule has 1 atom stereocenters. The van der Waals surface area contributed by atoms with Gasteiger partial charge >= 0.3 is 11.9 Å². The van der Waals surface area contributed by atoms with Gasteiger partial charge in [-0.2, -0.15) is 0 Å². The highest BCUT2D eigenvalue weighted by Crippen LogP contribution is 2.35. The molecule has 1 aromatic rings. The second-order valence-corrected chi connectivity index (χ2v) is 9.15. The van der Waals surface area contributed by atoms with E-state index in [1.807, 2.05) is 6.92 Å². The van der Waals surface area contributed by atoms with Crippen molar-refractivity contribution in [2.24, 2.45) is 0 Å². The highest BCUT2D eigenvalue weighted by Gasteiger charge is 2.49. The van der Waals surface area contributed by atoms with Crippen molar-refractivity contribution in [1.29, 1.82) is 0 Å². The first-order valence-corrected chi connectivity index (χ1v) is 11.3. The number of cyclic esters (lactones) is 2. The summed E-state index contributed by atoms with van der Waals surface area (Å²) in [5, 5.41) is 10.9. The maximum Gasteiger partial charge on any atom is 0.338 e. The maximum absolute atomic E-state index is 13.4. The molecule has 4 aliphatic heterocycles. The van der Waals surface area contributed by atoms with E-state index in [1.165, 1.54) is 0 Å². The molecule has 0 radical (unpaired) electrons. The van der Waals surface area contributed by atoms with Crippen LogP contribution < -0.4 is 0 Å². The molecule has 0 aromatic heterocycles. The Labute approximate surface area is 191 Å². The van der Waals surface area contributed by atoms with Crippen LogP contribution in [0.1, 0.15) is 52.9 Å². The molecule has 176 valence electrons. The Bertz CT molecular complexity index is 1060. The summed E-state index contributed by atoms with van der Waals surface area (Å²) >= 11 is 0. The molecule has 4 aliphatic rings. The number of hydrogen-bond acceptors (Lipinski definition) is 8. The summed E-state index contributed by atoms with van der Waals surface area (Å²) in [5.74, 6) is -0.804. The molecule has 1 spiro atoms. The third-order valence-electron chi connectivity index (χ3n) is 7.39. The summed E-state index contributed by atoms with van der Waals surface area (Å²) in [6, 6.07) is 3.52. The zero-order valence-electron chi connectivity index (χ0n) is 18.9. The zero-order chi connectivity index (χ0) is 23.3. The third kappa shape index (κ3) is 3.64. The Kier molecular flexibility index (Phi) is 5.50. The second-order valence-electron chi connectivity index (χ2n) is 9.15. The number of hydrogen-bond donors (Lipinski definition) is 1. The van der Waals surface area contributed by atoms with Crippen LogP contribution in [0.25, 0.3) is 0 Å². The second kappa shape index (κ2) is 8.23. The van der Waals surface area contributed by atoms with Crippen molar-refractivity contribution in [3.8, 4) is 0 Å². The number of benzene rings is 1. The van der Waals surface area contributed by atoms with Gasteiger partial charge in [0.25, 0.3) is 5.91 Å². The van der Waals surface area contributed by atoms with E-state index in [2.05, 4.69) is 4.90 Å². The van der Waals surface area contributed by atoms with Gasteiger partial charge in [0.2, 0.25) is 0 Å². The van der Waals surface area contributed by atoms with E-state index in [1.54, 1.807) is 24.0 Å². The summed E-state index contributed by atoms with van der Waals surface area (Å²) in [6.45, 7) is 6.43. The SMILES string of the molecule is CC1=C(N2CCOC3(CCN(C[C@@H](O)c4ccc5c(c4C)COC5=O)CC3)C2=O)COC1=O. The molecule has 0 bridgehead atoms. The van der Waals surface area contributed by atoms with Crippen molar-refractivity contribution in [2.75, 3.05) is 39.4 Å². The van der Waals surface area contributed by atoms with E-state index >= 15 is 0 Å². The average molecular weight is 456 g/mol. The van der Waals surface area contributed by atoms with Gasteiger partial charge in [-0.3, -0.25) is 4.79 Å². The molecule has 1 N–H and O–H groups in total. The van der Waals surface area contributed by atoms with Crippen LogP contribution in [0.4, 0.5) is 0 Å². The minimum atomic E-state index is -0.903. The number of aliphatic hydroxyl groups is 1. The van der Waals surface area contributed by atoms with Gasteiger partial charge in [0.15, 0.2) is 0 Å². The van der Waals surface area contributed by atoms with Gasteiger partial charge in [0.1, 0.15) is 18.8 Å². The molecule has 33 heavy (non-hydrogen) atoms. The van der Waals surface area contributed by atoms with Gasteiger partial charge in [0, 0.05) is 31.7 Å². The number of carbonyl (C=O) groups is 3. The van der Waals surface area contributed by atoms with Crippen molar-refractivity contribution in [1.82, 2.24) is 9.80 Å². The number of carbonyl (C=O) groups excluding carboxylic acids is 3. The fourth-order valence-corrected chi connectivity index (χ4v) is 5.27. The van der Waals surface area contributed by atoms with Gasteiger partial charge in [-0.05, 0) is 43.9 Å². The van der Waals surface area contributed by atoms with Crippen LogP contribution in [-0.4, -0.2) is 77.7 Å². The lowest BCUT2D eigenvalue weighted by molar-refractivity contribution is -0.177. The number of morpholine rings is 1. The molecule has 0 unspecified atom stereocenters. The van der Waals surface area contributed by atoms with E-state index in [0.717, 1.165) is 16.7 Å². The van der Waals surface area contributed by atoms with Gasteiger partial charge in [-0.25, -0.2) is 9.59 Å². The molecule has 9 heteroatoms. The van der Waals surface area contributed by atoms with Gasteiger partial charge in [0.05, 0.1) is 29.5 Å². The number of likely N-dealkylation sites (tertiary alicyclic amines) is 1. The lowest BCUT2D eigenvalue weighted by Crippen LogP contribution is -2.60. The lowest BCUT2D eigenvalue weighted by atomic mass is 9.87. The third-order valence-corrected chi connectivity index (χ3v) is 7.39. The Morgan fingerprint density at radius 2 is 1.76 bits per heavy atom. The minimum Gasteiger partial charge on any atom is -0.457 e. The molecule has 9 nitrogen and oxygen atoms in total. The number of esters is 2.